The number of aromatic nitrogens is 2. The summed E-state index contributed by atoms with van der Waals surface area (Å²) in [4.78, 5) is 16.2. The van der Waals surface area contributed by atoms with Crippen molar-refractivity contribution >= 4 is 21.8 Å². The van der Waals surface area contributed by atoms with Crippen molar-refractivity contribution in [2.75, 3.05) is 6.54 Å². The Balaban J connectivity index is 1.46. The highest BCUT2D eigenvalue weighted by Gasteiger charge is 2.43. The third-order valence-corrected chi connectivity index (χ3v) is 4.16. The minimum atomic E-state index is 0.0931. The molecular weight excluding hydrogens is 334 g/mol. The fraction of sp³-hybridized carbons (Fsp3) is 0.400. The first-order chi connectivity index (χ1) is 10.1. The highest BCUT2D eigenvalue weighted by molar-refractivity contribution is 9.10. The lowest BCUT2D eigenvalue weighted by molar-refractivity contribution is -0.122. The molecule has 3 rings (SSSR count). The molecule has 2 unspecified atom stereocenters. The van der Waals surface area contributed by atoms with Crippen molar-refractivity contribution in [2.24, 2.45) is 5.92 Å². The molecular formula is C15H16BrN3O2. The molecule has 110 valence electrons. The molecule has 0 spiro atoms. The first-order valence-corrected chi connectivity index (χ1v) is 7.75. The second-order valence-corrected chi connectivity index (χ2v) is 6.19. The molecule has 2 aromatic rings. The molecule has 1 fully saturated rings. The molecule has 0 bridgehead atoms. The van der Waals surface area contributed by atoms with Crippen molar-refractivity contribution in [1.82, 2.24) is 15.5 Å². The van der Waals surface area contributed by atoms with Crippen LogP contribution in [0.3, 0.4) is 0 Å². The average molecular weight is 350 g/mol. The van der Waals surface area contributed by atoms with Crippen LogP contribution in [0.25, 0.3) is 0 Å². The highest BCUT2D eigenvalue weighted by atomic mass is 79.9. The average Bonchev–Trinajstić information content (AvgIpc) is 3.16. The van der Waals surface area contributed by atoms with Gasteiger partial charge in [0.1, 0.15) is 0 Å². The Labute approximate surface area is 131 Å². The number of rotatable bonds is 5. The predicted molar refractivity (Wildman–Crippen MR) is 80.7 cm³/mol. The van der Waals surface area contributed by atoms with Gasteiger partial charge in [-0.1, -0.05) is 33.2 Å². The minimum absolute atomic E-state index is 0.0931. The van der Waals surface area contributed by atoms with Gasteiger partial charge in [-0.2, -0.15) is 4.98 Å². The van der Waals surface area contributed by atoms with Crippen LogP contribution in [0.5, 0.6) is 0 Å². The Morgan fingerprint density at radius 1 is 1.43 bits per heavy atom. The third-order valence-electron chi connectivity index (χ3n) is 3.63. The Morgan fingerprint density at radius 3 is 2.86 bits per heavy atom. The van der Waals surface area contributed by atoms with E-state index in [1.165, 1.54) is 5.56 Å². The summed E-state index contributed by atoms with van der Waals surface area (Å²) in [5.74, 6) is 1.74. The molecule has 21 heavy (non-hydrogen) atoms. The maximum atomic E-state index is 12.1. The van der Waals surface area contributed by atoms with Crippen LogP contribution in [0.4, 0.5) is 0 Å². The summed E-state index contributed by atoms with van der Waals surface area (Å²) in [6, 6.07) is 8.17. The first kappa shape index (κ1) is 14.3. The third kappa shape index (κ3) is 3.50. The van der Waals surface area contributed by atoms with Gasteiger partial charge < -0.3 is 9.84 Å². The summed E-state index contributed by atoms with van der Waals surface area (Å²) in [6.45, 7) is 2.31. The Morgan fingerprint density at radius 2 is 2.19 bits per heavy atom. The molecule has 1 aromatic carbocycles. The summed E-state index contributed by atoms with van der Waals surface area (Å²) >= 11 is 3.42. The fourth-order valence-corrected chi connectivity index (χ4v) is 2.69. The van der Waals surface area contributed by atoms with Crippen LogP contribution in [0.15, 0.2) is 33.3 Å². The smallest absolute Gasteiger partial charge is 0.228 e. The Kier molecular flexibility index (Phi) is 4.05. The SMILES string of the molecule is Cc1noc(CCNC(=O)C2CC2c2ccc(Br)cc2)n1. The number of halogens is 1. The highest BCUT2D eigenvalue weighted by Crippen LogP contribution is 2.47. The number of nitrogens with one attached hydrogen (secondary N) is 1. The lowest BCUT2D eigenvalue weighted by Crippen LogP contribution is -2.27. The molecule has 1 aliphatic carbocycles. The van der Waals surface area contributed by atoms with Crippen molar-refractivity contribution in [3.05, 3.63) is 46.0 Å². The van der Waals surface area contributed by atoms with E-state index in [2.05, 4.69) is 43.5 Å². The number of hydrogen-bond donors (Lipinski definition) is 1. The number of carbonyl (C=O) groups is 1. The van der Waals surface area contributed by atoms with Gasteiger partial charge in [-0.15, -0.1) is 0 Å². The van der Waals surface area contributed by atoms with Gasteiger partial charge in [0.05, 0.1) is 0 Å². The summed E-state index contributed by atoms with van der Waals surface area (Å²) in [5.41, 5.74) is 1.23. The summed E-state index contributed by atoms with van der Waals surface area (Å²) in [7, 11) is 0. The van der Waals surface area contributed by atoms with Crippen molar-refractivity contribution in [1.29, 1.82) is 0 Å². The molecule has 6 heteroatoms. The van der Waals surface area contributed by atoms with Gasteiger partial charge >= 0.3 is 0 Å². The quantitative estimate of drug-likeness (QED) is 0.900. The molecule has 0 saturated heterocycles. The van der Waals surface area contributed by atoms with Crippen LogP contribution >= 0.6 is 15.9 Å². The van der Waals surface area contributed by atoms with Gasteiger partial charge in [-0.05, 0) is 37.0 Å². The summed E-state index contributed by atoms with van der Waals surface area (Å²) in [5, 5.41) is 6.66. The predicted octanol–water partition coefficient (Wildman–Crippen LogP) is 2.60. The van der Waals surface area contributed by atoms with Gasteiger partial charge in [-0.25, -0.2) is 0 Å². The second-order valence-electron chi connectivity index (χ2n) is 5.28. The van der Waals surface area contributed by atoms with E-state index in [1.54, 1.807) is 6.92 Å². The van der Waals surface area contributed by atoms with Crippen molar-refractivity contribution < 1.29 is 9.32 Å². The number of benzene rings is 1. The van der Waals surface area contributed by atoms with Crippen LogP contribution in [0.2, 0.25) is 0 Å². The van der Waals surface area contributed by atoms with Gasteiger partial charge in [0.25, 0.3) is 0 Å². The van der Waals surface area contributed by atoms with E-state index >= 15 is 0 Å². The fourth-order valence-electron chi connectivity index (χ4n) is 2.43. The Hall–Kier alpha value is -1.69. The first-order valence-electron chi connectivity index (χ1n) is 6.96. The topological polar surface area (TPSA) is 68.0 Å². The molecule has 2 atom stereocenters. The molecule has 1 saturated carbocycles. The van der Waals surface area contributed by atoms with E-state index in [0.717, 1.165) is 10.9 Å². The normalized spacial score (nSPS) is 20.3. The number of hydrogen-bond acceptors (Lipinski definition) is 4. The molecule has 1 aromatic heterocycles. The maximum absolute atomic E-state index is 12.1. The number of nitrogens with zero attached hydrogens (tertiary/aromatic N) is 2. The standard InChI is InChI=1S/C15H16BrN3O2/c1-9-18-14(21-19-9)6-7-17-15(20)13-8-12(13)10-2-4-11(16)5-3-10/h2-5,12-13H,6-8H2,1H3,(H,17,20). The van der Waals surface area contributed by atoms with E-state index in [4.69, 9.17) is 4.52 Å². The van der Waals surface area contributed by atoms with Crippen LogP contribution in [0, 0.1) is 12.8 Å². The van der Waals surface area contributed by atoms with Crippen molar-refractivity contribution in [3.8, 4) is 0 Å². The number of carbonyl (C=O) groups excluding carboxylic acids is 1. The zero-order chi connectivity index (χ0) is 14.8. The molecule has 5 nitrogen and oxygen atoms in total. The lowest BCUT2D eigenvalue weighted by Gasteiger charge is -2.03. The van der Waals surface area contributed by atoms with E-state index in [9.17, 15) is 4.79 Å². The number of amides is 1. The zero-order valence-electron chi connectivity index (χ0n) is 11.7. The monoisotopic (exact) mass is 349 g/mol. The lowest BCUT2D eigenvalue weighted by atomic mass is 10.1. The van der Waals surface area contributed by atoms with Gasteiger partial charge in [-0.3, -0.25) is 4.79 Å². The van der Waals surface area contributed by atoms with E-state index in [-0.39, 0.29) is 11.8 Å². The molecule has 0 radical (unpaired) electrons. The molecule has 1 amide bonds. The van der Waals surface area contributed by atoms with Crippen LogP contribution in [-0.4, -0.2) is 22.6 Å². The molecule has 1 N–H and O–H groups in total. The second kappa shape index (κ2) is 5.97. The van der Waals surface area contributed by atoms with Crippen LogP contribution in [0.1, 0.15) is 29.6 Å². The summed E-state index contributed by atoms with van der Waals surface area (Å²) in [6.07, 6.45) is 1.50. The molecule has 0 aliphatic heterocycles. The van der Waals surface area contributed by atoms with E-state index in [1.807, 2.05) is 12.1 Å². The summed E-state index contributed by atoms with van der Waals surface area (Å²) < 4.78 is 6.07. The van der Waals surface area contributed by atoms with Gasteiger partial charge in [0.2, 0.25) is 11.8 Å². The van der Waals surface area contributed by atoms with Gasteiger partial charge in [0.15, 0.2) is 5.82 Å². The minimum Gasteiger partial charge on any atom is -0.355 e. The van der Waals surface area contributed by atoms with Crippen LogP contribution in [-0.2, 0) is 11.2 Å². The van der Waals surface area contributed by atoms with E-state index in [0.29, 0.717) is 30.6 Å². The van der Waals surface area contributed by atoms with Gasteiger partial charge in [0, 0.05) is 23.4 Å². The van der Waals surface area contributed by atoms with Crippen molar-refractivity contribution in [3.63, 3.8) is 0 Å². The van der Waals surface area contributed by atoms with Crippen LogP contribution < -0.4 is 5.32 Å². The Bertz CT molecular complexity index is 639. The molecule has 1 aliphatic rings. The molecule has 1 heterocycles. The van der Waals surface area contributed by atoms with Crippen molar-refractivity contribution in [2.45, 2.75) is 25.7 Å². The zero-order valence-corrected chi connectivity index (χ0v) is 13.3. The number of aryl methyl sites for hydroxylation is 1. The largest absolute Gasteiger partial charge is 0.355 e. The van der Waals surface area contributed by atoms with E-state index < -0.39 is 0 Å². The maximum Gasteiger partial charge on any atom is 0.228 e.